The van der Waals surface area contributed by atoms with Crippen molar-refractivity contribution in [1.29, 1.82) is 0 Å². The Kier molecular flexibility index (Phi) is 5.32. The highest BCUT2D eigenvalue weighted by Gasteiger charge is 2.16. The number of amides is 1. The van der Waals surface area contributed by atoms with Crippen molar-refractivity contribution in [2.24, 2.45) is 0 Å². The predicted molar refractivity (Wildman–Crippen MR) is 70.5 cm³/mol. The third-order valence-electron chi connectivity index (χ3n) is 2.27. The maximum absolute atomic E-state index is 11.6. The summed E-state index contributed by atoms with van der Waals surface area (Å²) in [5.74, 6) is -0.990. The van der Waals surface area contributed by atoms with Gasteiger partial charge in [-0.3, -0.25) is 9.52 Å². The van der Waals surface area contributed by atoms with E-state index < -0.39 is 22.3 Å². The number of hydrogen-bond donors (Lipinski definition) is 3. The first-order chi connectivity index (χ1) is 9.34. The fraction of sp³-hybridized carbons (Fsp3) is 0.273. The topological polar surface area (TPSA) is 122 Å². The van der Waals surface area contributed by atoms with Gasteiger partial charge in [-0.05, 0) is 18.1 Å². The van der Waals surface area contributed by atoms with Gasteiger partial charge in [-0.1, -0.05) is 18.2 Å². The molecule has 0 aliphatic heterocycles. The Morgan fingerprint density at radius 2 is 1.95 bits per heavy atom. The van der Waals surface area contributed by atoms with E-state index in [9.17, 15) is 18.0 Å². The molecule has 9 heteroatoms. The highest BCUT2D eigenvalue weighted by atomic mass is 32.2. The Hall–Kier alpha value is -2.29. The molecule has 0 atom stereocenters. The molecule has 1 aromatic carbocycles. The van der Waals surface area contributed by atoms with Gasteiger partial charge in [0.1, 0.15) is 0 Å². The van der Waals surface area contributed by atoms with Gasteiger partial charge in [0.05, 0.1) is 12.8 Å². The van der Waals surface area contributed by atoms with Gasteiger partial charge in [-0.15, -0.1) is 0 Å². The van der Waals surface area contributed by atoms with Crippen molar-refractivity contribution in [3.63, 3.8) is 0 Å². The zero-order valence-corrected chi connectivity index (χ0v) is 11.4. The molecule has 3 N–H and O–H groups in total. The van der Waals surface area contributed by atoms with Gasteiger partial charge in [-0.25, -0.2) is 9.52 Å². The summed E-state index contributed by atoms with van der Waals surface area (Å²) in [4.78, 5) is 21.4. The Labute approximate surface area is 115 Å². The first kappa shape index (κ1) is 15.8. The van der Waals surface area contributed by atoms with Gasteiger partial charge in [0, 0.05) is 6.42 Å². The number of nitrogens with one attached hydrogen (secondary N) is 2. The summed E-state index contributed by atoms with van der Waals surface area (Å²) >= 11 is 0. The minimum Gasteiger partial charge on any atom is -0.481 e. The molecule has 0 unspecified atom stereocenters. The average Bonchev–Trinajstić information content (AvgIpc) is 2.36. The number of rotatable bonds is 6. The van der Waals surface area contributed by atoms with Crippen molar-refractivity contribution >= 4 is 28.0 Å². The number of carboxylic acid groups (broad SMARTS) is 1. The Balaban J connectivity index is 2.86. The minimum absolute atomic E-state index is 0.136. The summed E-state index contributed by atoms with van der Waals surface area (Å²) in [7, 11) is -3.10. The number of hydrogen-bond acceptors (Lipinski definition) is 5. The smallest absolute Gasteiger partial charge is 0.422 e. The average molecular weight is 302 g/mol. The second-order valence-electron chi connectivity index (χ2n) is 3.75. The quantitative estimate of drug-likeness (QED) is 0.711. The van der Waals surface area contributed by atoms with E-state index in [1.807, 2.05) is 0 Å². The maximum Gasteiger partial charge on any atom is 0.422 e. The van der Waals surface area contributed by atoms with Gasteiger partial charge in [0.2, 0.25) is 0 Å². The first-order valence-corrected chi connectivity index (χ1v) is 7.00. The minimum atomic E-state index is -4.13. The lowest BCUT2D eigenvalue weighted by Crippen LogP contribution is -2.35. The van der Waals surface area contributed by atoms with Crippen molar-refractivity contribution in [2.75, 3.05) is 11.8 Å². The number of aliphatic carboxylic acids is 1. The molecule has 0 saturated heterocycles. The third kappa shape index (κ3) is 5.14. The van der Waals surface area contributed by atoms with Crippen LogP contribution in [0.1, 0.15) is 12.0 Å². The summed E-state index contributed by atoms with van der Waals surface area (Å²) in [5.41, 5.74) is 0.704. The molecule has 1 rings (SSSR count). The van der Waals surface area contributed by atoms with Crippen LogP contribution in [0, 0.1) is 0 Å². The molecule has 0 heterocycles. The number of methoxy groups -OCH3 is 1. The molecule has 0 saturated carbocycles. The molecule has 0 spiro atoms. The normalized spacial score (nSPS) is 10.7. The van der Waals surface area contributed by atoms with Crippen LogP contribution in [0.25, 0.3) is 0 Å². The number of carboxylic acids is 1. The van der Waals surface area contributed by atoms with Crippen molar-refractivity contribution < 1.29 is 27.9 Å². The number of para-hydroxylation sites is 1. The second kappa shape index (κ2) is 6.75. The zero-order chi connectivity index (χ0) is 15.2. The molecule has 0 radical (unpaired) electrons. The van der Waals surface area contributed by atoms with Crippen LogP contribution in [0.2, 0.25) is 0 Å². The van der Waals surface area contributed by atoms with E-state index in [0.717, 1.165) is 7.11 Å². The molecule has 0 fully saturated rings. The van der Waals surface area contributed by atoms with Crippen LogP contribution in [0.5, 0.6) is 0 Å². The van der Waals surface area contributed by atoms with Crippen LogP contribution in [0.3, 0.4) is 0 Å². The van der Waals surface area contributed by atoms with E-state index in [0.29, 0.717) is 5.56 Å². The fourth-order valence-electron chi connectivity index (χ4n) is 1.40. The van der Waals surface area contributed by atoms with E-state index in [4.69, 9.17) is 5.11 Å². The van der Waals surface area contributed by atoms with E-state index >= 15 is 0 Å². The van der Waals surface area contributed by atoms with Crippen LogP contribution in [-0.2, 0) is 26.2 Å². The monoisotopic (exact) mass is 302 g/mol. The molecule has 8 nitrogen and oxygen atoms in total. The van der Waals surface area contributed by atoms with E-state index in [1.165, 1.54) is 6.07 Å². The van der Waals surface area contributed by atoms with Crippen LogP contribution in [0.4, 0.5) is 10.5 Å². The highest BCUT2D eigenvalue weighted by molar-refractivity contribution is 7.91. The van der Waals surface area contributed by atoms with Gasteiger partial charge in [-0.2, -0.15) is 8.42 Å². The maximum atomic E-state index is 11.6. The van der Waals surface area contributed by atoms with Gasteiger partial charge in [0.25, 0.3) is 0 Å². The number of anilines is 1. The lowest BCUT2D eigenvalue weighted by atomic mass is 10.1. The molecule has 0 bridgehead atoms. The van der Waals surface area contributed by atoms with Crippen LogP contribution in [0.15, 0.2) is 24.3 Å². The molecule has 20 heavy (non-hydrogen) atoms. The van der Waals surface area contributed by atoms with Crippen LogP contribution < -0.4 is 9.44 Å². The number of ether oxygens (including phenoxy) is 1. The highest BCUT2D eigenvalue weighted by Crippen LogP contribution is 2.17. The molecule has 0 aliphatic carbocycles. The Morgan fingerprint density at radius 1 is 1.30 bits per heavy atom. The standard InChI is InChI=1S/C11H14N2O6S/c1-19-11(16)13-20(17,18)12-9-5-3-2-4-8(9)6-7-10(14)15/h2-5,12H,6-7H2,1H3,(H,13,16)(H,14,15). The van der Waals surface area contributed by atoms with Crippen molar-refractivity contribution in [2.45, 2.75) is 12.8 Å². The Morgan fingerprint density at radius 3 is 2.55 bits per heavy atom. The SMILES string of the molecule is COC(=O)NS(=O)(=O)Nc1ccccc1CCC(=O)O. The molecular formula is C11H14N2O6S. The number of carbonyl (C=O) groups is 2. The largest absolute Gasteiger partial charge is 0.481 e. The third-order valence-corrected chi connectivity index (χ3v) is 3.20. The molecule has 1 amide bonds. The van der Waals surface area contributed by atoms with E-state index in [2.05, 4.69) is 9.46 Å². The van der Waals surface area contributed by atoms with E-state index in [1.54, 1.807) is 22.9 Å². The van der Waals surface area contributed by atoms with Crippen LogP contribution in [-0.4, -0.2) is 32.7 Å². The molecule has 0 aromatic heterocycles. The van der Waals surface area contributed by atoms with E-state index in [-0.39, 0.29) is 18.5 Å². The Bertz CT molecular complexity index is 599. The van der Waals surface area contributed by atoms with Crippen molar-refractivity contribution in [3.8, 4) is 0 Å². The van der Waals surface area contributed by atoms with Crippen LogP contribution >= 0.6 is 0 Å². The summed E-state index contributed by atoms with van der Waals surface area (Å²) in [5, 5.41) is 8.64. The summed E-state index contributed by atoms with van der Waals surface area (Å²) in [6.07, 6.45) is -1.10. The number of carbonyl (C=O) groups excluding carboxylic acids is 1. The molecular weight excluding hydrogens is 288 g/mol. The van der Waals surface area contributed by atoms with Gasteiger partial charge in [0.15, 0.2) is 0 Å². The van der Waals surface area contributed by atoms with Crippen molar-refractivity contribution in [1.82, 2.24) is 4.72 Å². The second-order valence-corrected chi connectivity index (χ2v) is 5.17. The molecule has 1 aromatic rings. The lowest BCUT2D eigenvalue weighted by Gasteiger charge is -2.12. The summed E-state index contributed by atoms with van der Waals surface area (Å²) in [6.45, 7) is 0. The summed E-state index contributed by atoms with van der Waals surface area (Å²) < 4.78 is 31.2. The van der Waals surface area contributed by atoms with Gasteiger partial charge < -0.3 is 9.84 Å². The van der Waals surface area contributed by atoms with Crippen molar-refractivity contribution in [3.05, 3.63) is 29.8 Å². The summed E-state index contributed by atoms with van der Waals surface area (Å²) in [6, 6.07) is 6.30. The zero-order valence-electron chi connectivity index (χ0n) is 10.6. The fourth-order valence-corrected chi connectivity index (χ4v) is 2.24. The van der Waals surface area contributed by atoms with Gasteiger partial charge >= 0.3 is 22.3 Å². The predicted octanol–water partition coefficient (Wildman–Crippen LogP) is 0.716. The lowest BCUT2D eigenvalue weighted by molar-refractivity contribution is -0.136. The molecule has 0 aliphatic rings. The number of aryl methyl sites for hydroxylation is 1. The first-order valence-electron chi connectivity index (χ1n) is 5.52. The number of benzene rings is 1. The molecule has 110 valence electrons.